The van der Waals surface area contributed by atoms with Crippen molar-refractivity contribution in [1.29, 1.82) is 0 Å². The van der Waals surface area contributed by atoms with E-state index < -0.39 is 0 Å². The fourth-order valence-electron chi connectivity index (χ4n) is 1.79. The van der Waals surface area contributed by atoms with Crippen LogP contribution in [0.4, 0.5) is 0 Å². The number of aliphatic hydroxyl groups excluding tert-OH is 1. The molecule has 0 spiro atoms. The Hall–Kier alpha value is -1.41. The monoisotopic (exact) mass is 290 g/mol. The summed E-state index contributed by atoms with van der Waals surface area (Å²) in [7, 11) is 0. The molecular weight excluding hydrogens is 260 g/mol. The second-order valence-electron chi connectivity index (χ2n) is 5.67. The van der Waals surface area contributed by atoms with Crippen LogP contribution in [0.2, 0.25) is 0 Å². The van der Waals surface area contributed by atoms with Gasteiger partial charge in [0.05, 0.1) is 6.10 Å². The Bertz CT molecular complexity index is 406. The largest absolute Gasteiger partial charge is 0.389 e. The first-order chi connectivity index (χ1) is 9.90. The van der Waals surface area contributed by atoms with E-state index in [0.717, 1.165) is 24.3 Å². The van der Waals surface area contributed by atoms with Gasteiger partial charge in [-0.3, -0.25) is 4.79 Å². The first-order valence-electron chi connectivity index (χ1n) is 7.78. The van der Waals surface area contributed by atoms with E-state index >= 15 is 0 Å². The molecule has 0 aliphatic heterocycles. The van der Waals surface area contributed by atoms with Gasteiger partial charge in [0.1, 0.15) is 0 Å². The van der Waals surface area contributed by atoms with Gasteiger partial charge in [0.2, 0.25) is 0 Å². The molecule has 0 aliphatic rings. The molecule has 0 fully saturated rings. The van der Waals surface area contributed by atoms with Crippen LogP contribution in [-0.4, -0.2) is 17.0 Å². The summed E-state index contributed by atoms with van der Waals surface area (Å²) in [6.45, 7) is 11.6. The summed E-state index contributed by atoms with van der Waals surface area (Å²) in [4.78, 5) is 10.8. The number of hydrogen-bond acceptors (Lipinski definition) is 2. The molecule has 0 aliphatic carbocycles. The zero-order chi connectivity index (χ0) is 16.3. The first kappa shape index (κ1) is 19.6. The van der Waals surface area contributed by atoms with Gasteiger partial charge in [-0.2, -0.15) is 0 Å². The van der Waals surface area contributed by atoms with Crippen LogP contribution in [0.25, 0.3) is 0 Å². The molecule has 0 saturated carbocycles. The maximum Gasteiger partial charge on any atom is 0.159 e. The second-order valence-corrected chi connectivity index (χ2v) is 5.67. The van der Waals surface area contributed by atoms with Crippen LogP contribution < -0.4 is 0 Å². The summed E-state index contributed by atoms with van der Waals surface area (Å²) in [5.41, 5.74) is 1.97. The van der Waals surface area contributed by atoms with Crippen molar-refractivity contribution in [3.05, 3.63) is 48.0 Å². The fraction of sp³-hybridized carbons (Fsp3) is 0.526. The van der Waals surface area contributed by atoms with Crippen LogP contribution in [0.15, 0.2) is 36.9 Å². The Kier molecular flexibility index (Phi) is 10.5. The lowest BCUT2D eigenvalue weighted by Crippen LogP contribution is -2.02. The normalized spacial score (nSPS) is 12.8. The van der Waals surface area contributed by atoms with E-state index in [9.17, 15) is 4.79 Å². The number of hydrogen-bond donors (Lipinski definition) is 1. The van der Waals surface area contributed by atoms with Gasteiger partial charge >= 0.3 is 0 Å². The van der Waals surface area contributed by atoms with Gasteiger partial charge in [-0.15, -0.1) is 6.58 Å². The third-order valence-corrected chi connectivity index (χ3v) is 3.62. The molecular formula is C19H30O2. The van der Waals surface area contributed by atoms with Crippen molar-refractivity contribution < 1.29 is 9.90 Å². The lowest BCUT2D eigenvalue weighted by Gasteiger charge is -2.08. The minimum atomic E-state index is -0.293. The molecule has 1 N–H and O–H groups in total. The van der Waals surface area contributed by atoms with E-state index in [-0.39, 0.29) is 11.9 Å². The van der Waals surface area contributed by atoms with Gasteiger partial charge in [0.15, 0.2) is 5.78 Å². The summed E-state index contributed by atoms with van der Waals surface area (Å²) in [5.74, 6) is 0.923. The average molecular weight is 290 g/mol. The molecule has 0 amide bonds. The average Bonchev–Trinajstić information content (AvgIpc) is 2.47. The third-order valence-electron chi connectivity index (χ3n) is 3.62. The van der Waals surface area contributed by atoms with E-state index in [1.165, 1.54) is 18.4 Å². The van der Waals surface area contributed by atoms with Crippen molar-refractivity contribution in [2.75, 3.05) is 0 Å². The minimum absolute atomic E-state index is 0.125. The predicted molar refractivity (Wildman–Crippen MR) is 90.7 cm³/mol. The Balaban J connectivity index is 0.000000382. The van der Waals surface area contributed by atoms with Gasteiger partial charge in [-0.1, -0.05) is 69.0 Å². The fourth-order valence-corrected chi connectivity index (χ4v) is 1.79. The highest BCUT2D eigenvalue weighted by Crippen LogP contribution is 2.12. The number of carbonyl (C=O) groups is 1. The number of carbonyl (C=O) groups excluding carboxylic acids is 1. The molecule has 1 rings (SSSR count). The van der Waals surface area contributed by atoms with Crippen molar-refractivity contribution in [2.45, 2.75) is 59.5 Å². The SMILES string of the molecule is C=CC(O)CCC[C@H](C)CC.CC(=O)c1ccc(C)cc1. The number of aliphatic hydroxyl groups is 1. The van der Waals surface area contributed by atoms with Gasteiger partial charge in [0.25, 0.3) is 0 Å². The molecule has 2 atom stereocenters. The minimum Gasteiger partial charge on any atom is -0.389 e. The standard InChI is InChI=1S/C10H20O.C9H10O/c1-4-9(3)7-6-8-10(11)5-2;1-7-3-5-9(6-4-7)8(2)10/h5,9-11H,2,4,6-8H2,1,3H3;3-6H,1-2H3/t9-,10?;/m1./s1. The van der Waals surface area contributed by atoms with E-state index in [1.807, 2.05) is 31.2 Å². The number of rotatable bonds is 7. The molecule has 0 radical (unpaired) electrons. The highest BCUT2D eigenvalue weighted by atomic mass is 16.3. The Labute approximate surface area is 129 Å². The van der Waals surface area contributed by atoms with Gasteiger partial charge in [0, 0.05) is 5.56 Å². The summed E-state index contributed by atoms with van der Waals surface area (Å²) in [5, 5.41) is 9.13. The van der Waals surface area contributed by atoms with Gasteiger partial charge in [-0.25, -0.2) is 0 Å². The third kappa shape index (κ3) is 10.0. The van der Waals surface area contributed by atoms with Crippen molar-refractivity contribution in [2.24, 2.45) is 5.92 Å². The van der Waals surface area contributed by atoms with Crippen molar-refractivity contribution in [3.8, 4) is 0 Å². The second kappa shape index (κ2) is 11.3. The van der Waals surface area contributed by atoms with Gasteiger partial charge < -0.3 is 5.11 Å². The quantitative estimate of drug-likeness (QED) is 0.570. The smallest absolute Gasteiger partial charge is 0.159 e. The van der Waals surface area contributed by atoms with E-state index in [0.29, 0.717) is 0 Å². The maximum atomic E-state index is 10.8. The number of aryl methyl sites for hydroxylation is 1. The summed E-state index contributed by atoms with van der Waals surface area (Å²) in [6, 6.07) is 7.57. The van der Waals surface area contributed by atoms with Crippen LogP contribution in [0.5, 0.6) is 0 Å². The van der Waals surface area contributed by atoms with E-state index in [4.69, 9.17) is 5.11 Å². The molecule has 2 nitrogen and oxygen atoms in total. The maximum absolute atomic E-state index is 10.8. The lowest BCUT2D eigenvalue weighted by molar-refractivity contribution is 0.101. The topological polar surface area (TPSA) is 37.3 Å². The molecule has 2 heteroatoms. The zero-order valence-electron chi connectivity index (χ0n) is 13.9. The lowest BCUT2D eigenvalue weighted by atomic mass is 10.0. The highest BCUT2D eigenvalue weighted by Gasteiger charge is 2.01. The Morgan fingerprint density at radius 3 is 2.29 bits per heavy atom. The Morgan fingerprint density at radius 1 is 1.29 bits per heavy atom. The number of benzene rings is 1. The van der Waals surface area contributed by atoms with Crippen molar-refractivity contribution >= 4 is 5.78 Å². The predicted octanol–water partition coefficient (Wildman–Crippen LogP) is 4.95. The number of Topliss-reactive ketones (excluding diaryl/α,β-unsaturated/α-hetero) is 1. The Morgan fingerprint density at radius 2 is 1.86 bits per heavy atom. The van der Waals surface area contributed by atoms with Crippen LogP contribution >= 0.6 is 0 Å². The molecule has 118 valence electrons. The zero-order valence-corrected chi connectivity index (χ0v) is 13.9. The number of ketones is 1. The van der Waals surface area contributed by atoms with Crippen molar-refractivity contribution in [3.63, 3.8) is 0 Å². The molecule has 21 heavy (non-hydrogen) atoms. The molecule has 1 aromatic carbocycles. The van der Waals surface area contributed by atoms with E-state index in [1.54, 1.807) is 13.0 Å². The molecule has 0 aromatic heterocycles. The molecule has 0 bridgehead atoms. The van der Waals surface area contributed by atoms with Crippen LogP contribution in [0.1, 0.15) is 62.4 Å². The van der Waals surface area contributed by atoms with Crippen molar-refractivity contribution in [1.82, 2.24) is 0 Å². The molecule has 1 unspecified atom stereocenters. The van der Waals surface area contributed by atoms with Crippen LogP contribution in [0, 0.1) is 12.8 Å². The summed E-state index contributed by atoms with van der Waals surface area (Å²) in [6.07, 6.45) is 5.76. The van der Waals surface area contributed by atoms with Crippen LogP contribution in [-0.2, 0) is 0 Å². The molecule has 0 saturated heterocycles. The molecule has 0 heterocycles. The molecule has 1 aromatic rings. The van der Waals surface area contributed by atoms with E-state index in [2.05, 4.69) is 20.4 Å². The van der Waals surface area contributed by atoms with Gasteiger partial charge in [-0.05, 0) is 26.2 Å². The summed E-state index contributed by atoms with van der Waals surface area (Å²) >= 11 is 0. The van der Waals surface area contributed by atoms with Crippen LogP contribution in [0.3, 0.4) is 0 Å². The highest BCUT2D eigenvalue weighted by molar-refractivity contribution is 5.93. The first-order valence-corrected chi connectivity index (χ1v) is 7.78. The summed E-state index contributed by atoms with van der Waals surface area (Å²) < 4.78 is 0.